The Kier molecular flexibility index (Phi) is 8.26. The van der Waals surface area contributed by atoms with Crippen molar-refractivity contribution in [3.8, 4) is 11.5 Å². The fraction of sp³-hybridized carbons (Fsp3) is 0.667. The third-order valence-corrected chi connectivity index (χ3v) is 5.75. The monoisotopic (exact) mass is 474 g/mol. The van der Waals surface area contributed by atoms with Gasteiger partial charge in [0.1, 0.15) is 30.0 Å². The quantitative estimate of drug-likeness (QED) is 0.215. The van der Waals surface area contributed by atoms with Crippen LogP contribution >= 0.6 is 0 Å². The van der Waals surface area contributed by atoms with Crippen molar-refractivity contribution in [3.05, 3.63) is 23.8 Å². The Morgan fingerprint density at radius 2 is 1.88 bits per heavy atom. The third kappa shape index (κ3) is 5.14. The molecule has 0 aliphatic carbocycles. The fourth-order valence-corrected chi connectivity index (χ4v) is 3.63. The van der Waals surface area contributed by atoms with Crippen LogP contribution in [0.25, 0.3) is 0 Å². The number of carbonyl (C=O) groups is 1. The summed E-state index contributed by atoms with van der Waals surface area (Å²) in [6.07, 6.45) is -10.2. The van der Waals surface area contributed by atoms with E-state index in [2.05, 4.69) is 0 Å². The number of aliphatic hydroxyl groups excluding tert-OH is 5. The summed E-state index contributed by atoms with van der Waals surface area (Å²) in [5.41, 5.74) is -1.58. The van der Waals surface area contributed by atoms with Gasteiger partial charge in [-0.3, -0.25) is 4.79 Å². The Hall–Kier alpha value is -1.87. The SMILES string of the molecule is CCC(=O)c1ccc(O[C@@H]2O[C@H](CO)[C@@H](O)[C@H](O)[C@H]2O[C@@H]2OC[C@](O)(CO)[C@H]2O)c(OC)c1. The van der Waals surface area contributed by atoms with Gasteiger partial charge in [-0.25, -0.2) is 0 Å². The number of hydrogen-bond donors (Lipinski definition) is 6. The Bertz CT molecular complexity index is 818. The van der Waals surface area contributed by atoms with Gasteiger partial charge in [0.15, 0.2) is 29.7 Å². The molecule has 12 nitrogen and oxygen atoms in total. The second-order valence-electron chi connectivity index (χ2n) is 7.95. The minimum absolute atomic E-state index is 0.113. The van der Waals surface area contributed by atoms with Crippen molar-refractivity contribution in [3.63, 3.8) is 0 Å². The Morgan fingerprint density at radius 3 is 2.45 bits per heavy atom. The first-order valence-corrected chi connectivity index (χ1v) is 10.5. The predicted octanol–water partition coefficient (Wildman–Crippen LogP) is -2.07. The predicted molar refractivity (Wildman–Crippen MR) is 109 cm³/mol. The van der Waals surface area contributed by atoms with E-state index in [1.54, 1.807) is 6.92 Å². The highest BCUT2D eigenvalue weighted by Crippen LogP contribution is 2.35. The van der Waals surface area contributed by atoms with Crippen molar-refractivity contribution >= 4 is 5.78 Å². The normalized spacial score (nSPS) is 36.5. The second-order valence-corrected chi connectivity index (χ2v) is 7.95. The number of benzene rings is 1. The highest BCUT2D eigenvalue weighted by atomic mass is 16.8. The number of aliphatic hydroxyl groups is 6. The summed E-state index contributed by atoms with van der Waals surface area (Å²) in [5, 5.41) is 60.2. The highest BCUT2D eigenvalue weighted by Gasteiger charge is 2.53. The average Bonchev–Trinajstić information content (AvgIpc) is 3.12. The second kappa shape index (κ2) is 10.6. The Balaban J connectivity index is 1.86. The van der Waals surface area contributed by atoms with E-state index in [1.165, 1.54) is 25.3 Å². The Morgan fingerprint density at radius 1 is 1.15 bits per heavy atom. The van der Waals surface area contributed by atoms with E-state index in [0.717, 1.165) is 0 Å². The molecule has 0 spiro atoms. The van der Waals surface area contributed by atoms with E-state index in [4.69, 9.17) is 23.7 Å². The van der Waals surface area contributed by atoms with Crippen LogP contribution in [0.3, 0.4) is 0 Å². The number of ether oxygens (including phenoxy) is 5. The zero-order chi connectivity index (χ0) is 24.3. The largest absolute Gasteiger partial charge is 0.493 e. The highest BCUT2D eigenvalue weighted by molar-refractivity contribution is 5.96. The number of hydrogen-bond acceptors (Lipinski definition) is 12. The summed E-state index contributed by atoms with van der Waals surface area (Å²) in [6, 6.07) is 4.45. The van der Waals surface area contributed by atoms with Crippen LogP contribution in [0.15, 0.2) is 18.2 Å². The van der Waals surface area contributed by atoms with Crippen LogP contribution in [0, 0.1) is 0 Å². The molecule has 8 atom stereocenters. The van der Waals surface area contributed by atoms with Crippen LogP contribution in [-0.2, 0) is 14.2 Å². The van der Waals surface area contributed by atoms with Gasteiger partial charge >= 0.3 is 0 Å². The number of carbonyl (C=O) groups excluding carboxylic acids is 1. The molecule has 0 unspecified atom stereocenters. The van der Waals surface area contributed by atoms with Crippen LogP contribution in [0.5, 0.6) is 11.5 Å². The molecule has 12 heteroatoms. The van der Waals surface area contributed by atoms with E-state index in [0.29, 0.717) is 5.56 Å². The van der Waals surface area contributed by atoms with Gasteiger partial charge in [-0.15, -0.1) is 0 Å². The maximum atomic E-state index is 12.0. The minimum Gasteiger partial charge on any atom is -0.493 e. The molecule has 0 amide bonds. The van der Waals surface area contributed by atoms with Gasteiger partial charge in [-0.2, -0.15) is 0 Å². The third-order valence-electron chi connectivity index (χ3n) is 5.75. The summed E-state index contributed by atoms with van der Waals surface area (Å²) in [7, 11) is 1.37. The molecule has 0 bridgehead atoms. The van der Waals surface area contributed by atoms with Gasteiger partial charge in [0, 0.05) is 12.0 Å². The van der Waals surface area contributed by atoms with Crippen molar-refractivity contribution in [2.45, 2.75) is 62.0 Å². The molecule has 1 aromatic rings. The zero-order valence-corrected chi connectivity index (χ0v) is 18.2. The van der Waals surface area contributed by atoms with Gasteiger partial charge in [-0.05, 0) is 18.2 Å². The van der Waals surface area contributed by atoms with E-state index in [-0.39, 0.29) is 23.7 Å². The zero-order valence-electron chi connectivity index (χ0n) is 18.2. The molecule has 2 aliphatic rings. The first kappa shape index (κ1) is 25.7. The average molecular weight is 474 g/mol. The van der Waals surface area contributed by atoms with E-state index in [1.807, 2.05) is 0 Å². The molecule has 0 aromatic heterocycles. The van der Waals surface area contributed by atoms with Crippen molar-refractivity contribution < 1.29 is 59.1 Å². The lowest BCUT2D eigenvalue weighted by Gasteiger charge is -2.42. The molecule has 2 fully saturated rings. The van der Waals surface area contributed by atoms with Crippen molar-refractivity contribution in [2.75, 3.05) is 26.9 Å². The molecular weight excluding hydrogens is 444 g/mol. The van der Waals surface area contributed by atoms with Crippen LogP contribution in [-0.4, -0.2) is 112 Å². The van der Waals surface area contributed by atoms with Crippen molar-refractivity contribution in [1.82, 2.24) is 0 Å². The smallest absolute Gasteiger partial charge is 0.229 e. The minimum atomic E-state index is -1.97. The van der Waals surface area contributed by atoms with E-state index < -0.39 is 68.5 Å². The molecule has 0 saturated carbocycles. The maximum Gasteiger partial charge on any atom is 0.229 e. The standard InChI is InChI=1S/C21H30O12/c1-3-11(24)10-4-5-12(13(6-10)29-2)31-19-17(16(26)15(25)14(7-22)32-19)33-20-18(27)21(28,8-23)9-30-20/h4-6,14-20,22-23,25-28H,3,7-9H2,1-2H3/t14-,15-,16+,17-,18+,19-,20+,21-/m1/s1. The van der Waals surface area contributed by atoms with Gasteiger partial charge < -0.3 is 54.3 Å². The molecule has 33 heavy (non-hydrogen) atoms. The maximum absolute atomic E-state index is 12.0. The molecule has 2 saturated heterocycles. The summed E-state index contributed by atoms with van der Waals surface area (Å²) < 4.78 is 27.5. The number of methoxy groups -OCH3 is 1. The fourth-order valence-electron chi connectivity index (χ4n) is 3.63. The molecule has 186 valence electrons. The van der Waals surface area contributed by atoms with Gasteiger partial charge in [0.05, 0.1) is 26.9 Å². The topological polar surface area (TPSA) is 185 Å². The van der Waals surface area contributed by atoms with Crippen LogP contribution in [0.2, 0.25) is 0 Å². The van der Waals surface area contributed by atoms with E-state index in [9.17, 15) is 35.4 Å². The lowest BCUT2D eigenvalue weighted by molar-refractivity contribution is -0.319. The van der Waals surface area contributed by atoms with E-state index >= 15 is 0 Å². The number of Topliss-reactive ketones (excluding diaryl/α,β-unsaturated/α-hetero) is 1. The first-order chi connectivity index (χ1) is 15.7. The molecule has 2 aliphatic heterocycles. The van der Waals surface area contributed by atoms with Crippen molar-refractivity contribution in [1.29, 1.82) is 0 Å². The van der Waals surface area contributed by atoms with Crippen LogP contribution in [0.1, 0.15) is 23.7 Å². The van der Waals surface area contributed by atoms with Crippen molar-refractivity contribution in [2.24, 2.45) is 0 Å². The lowest BCUT2D eigenvalue weighted by Crippen LogP contribution is -2.62. The molecule has 6 N–H and O–H groups in total. The number of ketones is 1. The summed E-state index contributed by atoms with van der Waals surface area (Å²) in [4.78, 5) is 12.0. The summed E-state index contributed by atoms with van der Waals surface area (Å²) in [6.45, 7) is -0.158. The van der Waals surface area contributed by atoms with Crippen LogP contribution < -0.4 is 9.47 Å². The van der Waals surface area contributed by atoms with Crippen LogP contribution in [0.4, 0.5) is 0 Å². The molecule has 3 rings (SSSR count). The molecular formula is C21H30O12. The molecule has 0 radical (unpaired) electrons. The number of rotatable bonds is 9. The Labute approximate surface area is 189 Å². The van der Waals surface area contributed by atoms with Gasteiger partial charge in [-0.1, -0.05) is 6.92 Å². The lowest BCUT2D eigenvalue weighted by atomic mass is 9.98. The summed E-state index contributed by atoms with van der Waals surface area (Å²) >= 11 is 0. The molecule has 1 aromatic carbocycles. The first-order valence-electron chi connectivity index (χ1n) is 10.5. The van der Waals surface area contributed by atoms with Gasteiger partial charge in [0.2, 0.25) is 6.29 Å². The molecule has 2 heterocycles. The van der Waals surface area contributed by atoms with Gasteiger partial charge in [0.25, 0.3) is 0 Å². The summed E-state index contributed by atoms with van der Waals surface area (Å²) in [5.74, 6) is 0.186.